The first-order valence-corrected chi connectivity index (χ1v) is 8.76. The number of nitrogens with zero attached hydrogens (tertiary/aromatic N) is 1. The van der Waals surface area contributed by atoms with Gasteiger partial charge in [0.15, 0.2) is 5.17 Å². The van der Waals surface area contributed by atoms with Crippen LogP contribution in [0.4, 0.5) is 5.69 Å². The second-order valence-corrected chi connectivity index (χ2v) is 7.41. The van der Waals surface area contributed by atoms with Gasteiger partial charge >= 0.3 is 0 Å². The smallest absolute Gasteiger partial charge is 0.161 e. The lowest BCUT2D eigenvalue weighted by atomic mass is 9.89. The molecule has 1 fully saturated rings. The first-order chi connectivity index (χ1) is 9.71. The molecule has 5 heteroatoms. The predicted molar refractivity (Wildman–Crippen MR) is 90.0 cm³/mol. The molecule has 0 unspecified atom stereocenters. The van der Waals surface area contributed by atoms with Crippen LogP contribution in [0, 0.1) is 5.41 Å². The summed E-state index contributed by atoms with van der Waals surface area (Å²) in [4.78, 5) is 4.75. The Bertz CT molecular complexity index is 527. The van der Waals surface area contributed by atoms with Gasteiger partial charge in [-0.1, -0.05) is 24.6 Å². The fraction of sp³-hybridized carbons (Fsp3) is 0.533. The second kappa shape index (κ2) is 5.98. The van der Waals surface area contributed by atoms with Crippen molar-refractivity contribution in [3.8, 4) is 5.75 Å². The van der Waals surface area contributed by atoms with Gasteiger partial charge in [-0.25, -0.2) is 0 Å². The van der Waals surface area contributed by atoms with E-state index in [2.05, 4.69) is 21.2 Å². The van der Waals surface area contributed by atoms with Crippen LogP contribution in [0.5, 0.6) is 5.75 Å². The Hall–Kier alpha value is -0.680. The summed E-state index contributed by atoms with van der Waals surface area (Å²) in [5, 5.41) is 4.45. The van der Waals surface area contributed by atoms with Crippen LogP contribution in [0.3, 0.4) is 0 Å². The van der Waals surface area contributed by atoms with E-state index in [9.17, 15) is 0 Å². The molecule has 1 heterocycles. The number of halogens is 1. The van der Waals surface area contributed by atoms with Crippen LogP contribution in [0.25, 0.3) is 0 Å². The molecule has 0 atom stereocenters. The van der Waals surface area contributed by atoms with Crippen LogP contribution in [0.1, 0.15) is 25.7 Å². The minimum atomic E-state index is 0.496. The number of aliphatic imine (C=N–C) groups is 1. The molecule has 3 nitrogen and oxygen atoms in total. The van der Waals surface area contributed by atoms with E-state index < -0.39 is 0 Å². The summed E-state index contributed by atoms with van der Waals surface area (Å²) in [6, 6.07) is 6.01. The molecule has 1 aliphatic heterocycles. The highest BCUT2D eigenvalue weighted by Gasteiger charge is 2.36. The molecule has 0 aromatic heterocycles. The van der Waals surface area contributed by atoms with Gasteiger partial charge in [-0.05, 0) is 52.4 Å². The van der Waals surface area contributed by atoms with Gasteiger partial charge in [-0.15, -0.1) is 0 Å². The fourth-order valence-electron chi connectivity index (χ4n) is 2.92. The molecule has 0 saturated heterocycles. The molecule has 0 bridgehead atoms. The Labute approximate surface area is 132 Å². The van der Waals surface area contributed by atoms with E-state index in [-0.39, 0.29) is 0 Å². The molecular weight excluding hydrogens is 336 g/mol. The lowest BCUT2D eigenvalue weighted by Gasteiger charge is -2.31. The molecule has 1 N–H and O–H groups in total. The zero-order chi connectivity index (χ0) is 14.0. The van der Waals surface area contributed by atoms with Crippen LogP contribution in [-0.2, 0) is 0 Å². The van der Waals surface area contributed by atoms with Crippen LogP contribution in [0.2, 0.25) is 0 Å². The van der Waals surface area contributed by atoms with Gasteiger partial charge < -0.3 is 10.1 Å². The Balaban J connectivity index is 1.66. The Morgan fingerprint density at radius 1 is 1.35 bits per heavy atom. The maximum absolute atomic E-state index is 5.24. The van der Waals surface area contributed by atoms with Crippen molar-refractivity contribution in [1.29, 1.82) is 0 Å². The van der Waals surface area contributed by atoms with E-state index in [1.54, 1.807) is 7.11 Å². The van der Waals surface area contributed by atoms with Crippen LogP contribution < -0.4 is 10.1 Å². The highest BCUT2D eigenvalue weighted by molar-refractivity contribution is 9.10. The van der Waals surface area contributed by atoms with Gasteiger partial charge in [0.1, 0.15) is 5.75 Å². The maximum Gasteiger partial charge on any atom is 0.161 e. The first-order valence-electron chi connectivity index (χ1n) is 6.99. The number of benzene rings is 1. The van der Waals surface area contributed by atoms with Gasteiger partial charge in [0, 0.05) is 18.0 Å². The van der Waals surface area contributed by atoms with E-state index in [0.717, 1.165) is 27.6 Å². The minimum Gasteiger partial charge on any atom is -0.496 e. The van der Waals surface area contributed by atoms with Gasteiger partial charge in [-0.2, -0.15) is 0 Å². The summed E-state index contributed by atoms with van der Waals surface area (Å²) in [6.07, 6.45) is 5.46. The number of anilines is 1. The average Bonchev–Trinajstić information content (AvgIpc) is 2.90. The predicted octanol–water partition coefficient (Wildman–Crippen LogP) is 4.53. The number of nitrogens with one attached hydrogen (secondary N) is 1. The number of methoxy groups -OCH3 is 1. The number of ether oxygens (including phenoxy) is 1. The molecule has 20 heavy (non-hydrogen) atoms. The van der Waals surface area contributed by atoms with Gasteiger partial charge in [0.25, 0.3) is 0 Å². The highest BCUT2D eigenvalue weighted by Crippen LogP contribution is 2.43. The number of thioether (sulfide) groups is 1. The third kappa shape index (κ3) is 2.98. The van der Waals surface area contributed by atoms with Crippen molar-refractivity contribution in [2.45, 2.75) is 25.7 Å². The van der Waals surface area contributed by atoms with Crippen LogP contribution >= 0.6 is 27.7 Å². The molecule has 1 aliphatic carbocycles. The van der Waals surface area contributed by atoms with Crippen LogP contribution in [-0.4, -0.2) is 24.6 Å². The molecular formula is C15H19BrN2OS. The van der Waals surface area contributed by atoms with Crippen molar-refractivity contribution < 1.29 is 4.74 Å². The lowest BCUT2D eigenvalue weighted by Crippen LogP contribution is -2.30. The van der Waals surface area contributed by atoms with Crippen molar-refractivity contribution in [2.24, 2.45) is 10.4 Å². The molecule has 0 radical (unpaired) electrons. The largest absolute Gasteiger partial charge is 0.496 e. The van der Waals surface area contributed by atoms with E-state index in [1.807, 2.05) is 30.0 Å². The molecule has 2 aliphatic rings. The van der Waals surface area contributed by atoms with E-state index in [0.29, 0.717) is 5.41 Å². The summed E-state index contributed by atoms with van der Waals surface area (Å²) >= 11 is 5.37. The summed E-state index contributed by atoms with van der Waals surface area (Å²) in [5.41, 5.74) is 1.54. The number of hydrogen-bond acceptors (Lipinski definition) is 4. The monoisotopic (exact) mass is 354 g/mol. The molecule has 0 amide bonds. The summed E-state index contributed by atoms with van der Waals surface area (Å²) in [6.45, 7) is 0.986. The molecule has 1 aromatic carbocycles. The topological polar surface area (TPSA) is 33.6 Å². The Morgan fingerprint density at radius 2 is 2.15 bits per heavy atom. The number of amidine groups is 1. The summed E-state index contributed by atoms with van der Waals surface area (Å²) in [7, 11) is 1.68. The first kappa shape index (κ1) is 14.3. The van der Waals surface area contributed by atoms with Crippen molar-refractivity contribution in [1.82, 2.24) is 0 Å². The van der Waals surface area contributed by atoms with Crippen molar-refractivity contribution in [2.75, 3.05) is 24.7 Å². The minimum absolute atomic E-state index is 0.496. The zero-order valence-corrected chi connectivity index (χ0v) is 14.0. The molecule has 1 spiro atoms. The summed E-state index contributed by atoms with van der Waals surface area (Å²) < 4.78 is 6.20. The third-order valence-corrected chi connectivity index (χ3v) is 6.02. The fourth-order valence-corrected chi connectivity index (χ4v) is 4.63. The van der Waals surface area contributed by atoms with Crippen LogP contribution in [0.15, 0.2) is 27.7 Å². The van der Waals surface area contributed by atoms with E-state index in [4.69, 9.17) is 9.73 Å². The quantitative estimate of drug-likeness (QED) is 0.846. The summed E-state index contributed by atoms with van der Waals surface area (Å²) in [5.74, 6) is 2.05. The van der Waals surface area contributed by atoms with Gasteiger partial charge in [0.05, 0.1) is 11.6 Å². The molecule has 1 aromatic rings. The third-order valence-electron chi connectivity index (χ3n) is 4.14. The number of rotatable bonds is 2. The van der Waals surface area contributed by atoms with Crippen molar-refractivity contribution in [3.63, 3.8) is 0 Å². The molecule has 3 rings (SSSR count). The van der Waals surface area contributed by atoms with Gasteiger partial charge in [0.2, 0.25) is 0 Å². The van der Waals surface area contributed by atoms with Crippen molar-refractivity contribution >= 4 is 38.5 Å². The second-order valence-electron chi connectivity index (χ2n) is 5.59. The normalized spacial score (nSPS) is 20.8. The maximum atomic E-state index is 5.24. The van der Waals surface area contributed by atoms with Crippen molar-refractivity contribution in [3.05, 3.63) is 22.7 Å². The zero-order valence-electron chi connectivity index (χ0n) is 11.6. The standard InChI is InChI=1S/C15H19BrN2OS/c1-19-13-5-4-11(8-12(13)16)18-14-17-9-15(10-20-14)6-2-3-7-15/h4-5,8H,2-3,6-7,9-10H2,1H3,(H,17,18). The van der Waals surface area contributed by atoms with E-state index in [1.165, 1.54) is 31.4 Å². The van der Waals surface area contributed by atoms with E-state index >= 15 is 0 Å². The highest BCUT2D eigenvalue weighted by atomic mass is 79.9. The lowest BCUT2D eigenvalue weighted by molar-refractivity contribution is 0.359. The average molecular weight is 355 g/mol. The Kier molecular flexibility index (Phi) is 4.26. The number of hydrogen-bond donors (Lipinski definition) is 1. The Morgan fingerprint density at radius 3 is 2.75 bits per heavy atom. The SMILES string of the molecule is COc1ccc(NC2=NCC3(CCCC3)CS2)cc1Br. The van der Waals surface area contributed by atoms with Gasteiger partial charge in [-0.3, -0.25) is 4.99 Å². The molecule has 1 saturated carbocycles. The molecule has 108 valence electrons.